The number of benzene rings is 2. The molecule has 3 aliphatic rings. The number of anilines is 1. The molecule has 10 nitrogen and oxygen atoms in total. The minimum absolute atomic E-state index is 0. The van der Waals surface area contributed by atoms with E-state index in [9.17, 15) is 14.4 Å². The fourth-order valence-electron chi connectivity index (χ4n) is 5.88. The van der Waals surface area contributed by atoms with Crippen molar-refractivity contribution in [2.75, 3.05) is 25.0 Å². The zero-order valence-corrected chi connectivity index (χ0v) is 27.4. The number of fused-ring (bicyclic) bond motifs is 4. The summed E-state index contributed by atoms with van der Waals surface area (Å²) in [6, 6.07) is 17.6. The van der Waals surface area contributed by atoms with Crippen molar-refractivity contribution in [2.45, 2.75) is 63.8 Å². The predicted molar refractivity (Wildman–Crippen MR) is 178 cm³/mol. The topological polar surface area (TPSA) is 132 Å². The zero-order chi connectivity index (χ0) is 30.4. The number of hydrogen-bond acceptors (Lipinski definition) is 6. The van der Waals surface area contributed by atoms with Crippen LogP contribution in [-0.4, -0.2) is 63.4 Å². The summed E-state index contributed by atoms with van der Waals surface area (Å²) in [6.07, 6.45) is 7.95. The molecule has 0 radical (unpaired) electrons. The number of nitrogens with one attached hydrogen (secondary N) is 2. The molecule has 2 atom stereocenters. The Morgan fingerprint density at radius 2 is 1.53 bits per heavy atom. The van der Waals surface area contributed by atoms with Gasteiger partial charge in [0, 0.05) is 19.3 Å². The van der Waals surface area contributed by atoms with Crippen LogP contribution in [0.25, 0.3) is 0 Å². The third kappa shape index (κ3) is 9.53. The Kier molecular flexibility index (Phi) is 13.0. The standard InChI is InChI=1S/C33H42N6O4.2ClH/c1-33(2,34)32(42)36-27(21-43-20-25-9-5-3-6-10-25)30(40)37-28-19-39(22-35-28)29(26-11-7-4-8-12-26)31(41)38-17-23-13-14-24(18-38)16-15-23;;/h3-12,19,22-24,27,29H,13-18,20-21,34H2,1-2H3,(H,36,42)(H,37,40);2*1H/t23?,24?,27-,29?;;/m1../s1. The molecule has 0 spiro atoms. The largest absolute Gasteiger partial charge is 0.374 e. The molecular weight excluding hydrogens is 615 g/mol. The van der Waals surface area contributed by atoms with Crippen molar-refractivity contribution in [1.82, 2.24) is 19.8 Å². The van der Waals surface area contributed by atoms with Gasteiger partial charge in [0.1, 0.15) is 12.1 Å². The first-order valence-electron chi connectivity index (χ1n) is 15.1. The van der Waals surface area contributed by atoms with Gasteiger partial charge in [-0.2, -0.15) is 0 Å². The lowest BCUT2D eigenvalue weighted by molar-refractivity contribution is -0.134. The number of halogens is 2. The molecule has 2 saturated heterocycles. The highest BCUT2D eigenvalue weighted by atomic mass is 35.5. The van der Waals surface area contributed by atoms with Gasteiger partial charge in [-0.1, -0.05) is 60.7 Å². The number of ether oxygens (including phenoxy) is 1. The average Bonchev–Trinajstić information content (AvgIpc) is 3.22. The van der Waals surface area contributed by atoms with Crippen LogP contribution in [0.5, 0.6) is 0 Å². The normalized spacial score (nSPS) is 18.9. The molecule has 45 heavy (non-hydrogen) atoms. The third-order valence-electron chi connectivity index (χ3n) is 8.34. The molecule has 244 valence electrons. The van der Waals surface area contributed by atoms with Gasteiger partial charge in [-0.25, -0.2) is 4.98 Å². The Balaban J connectivity index is 0.00000276. The summed E-state index contributed by atoms with van der Waals surface area (Å²) in [4.78, 5) is 46.6. The van der Waals surface area contributed by atoms with Gasteiger partial charge in [0.2, 0.25) is 11.8 Å². The van der Waals surface area contributed by atoms with E-state index in [1.165, 1.54) is 25.7 Å². The molecule has 3 aromatic rings. The van der Waals surface area contributed by atoms with Gasteiger partial charge in [-0.05, 0) is 62.5 Å². The van der Waals surface area contributed by atoms with Gasteiger partial charge in [0.05, 0.1) is 25.1 Å². The molecule has 2 aliphatic heterocycles. The number of carbonyl (C=O) groups is 3. The van der Waals surface area contributed by atoms with Crippen molar-refractivity contribution in [3.05, 3.63) is 84.3 Å². The van der Waals surface area contributed by atoms with Gasteiger partial charge in [-0.15, -0.1) is 24.8 Å². The summed E-state index contributed by atoms with van der Waals surface area (Å²) >= 11 is 0. The first kappa shape index (κ1) is 36.0. The molecule has 4 N–H and O–H groups in total. The number of imidazole rings is 1. The molecule has 1 saturated carbocycles. The second-order valence-corrected chi connectivity index (χ2v) is 12.4. The maximum absolute atomic E-state index is 14.1. The third-order valence-corrected chi connectivity index (χ3v) is 8.34. The van der Waals surface area contributed by atoms with E-state index < -0.39 is 29.4 Å². The number of hydrogen-bond donors (Lipinski definition) is 3. The highest BCUT2D eigenvalue weighted by Crippen LogP contribution is 2.35. The van der Waals surface area contributed by atoms with Crippen molar-refractivity contribution < 1.29 is 19.1 Å². The maximum Gasteiger partial charge on any atom is 0.250 e. The van der Waals surface area contributed by atoms with Crippen LogP contribution in [0.15, 0.2) is 73.2 Å². The van der Waals surface area contributed by atoms with Crippen LogP contribution in [0.2, 0.25) is 0 Å². The number of nitrogens with two attached hydrogens (primary N) is 1. The van der Waals surface area contributed by atoms with Gasteiger partial charge in [-0.3, -0.25) is 14.4 Å². The maximum atomic E-state index is 14.1. The van der Waals surface area contributed by atoms with Crippen LogP contribution >= 0.6 is 24.8 Å². The molecule has 2 bridgehead atoms. The van der Waals surface area contributed by atoms with Crippen LogP contribution in [0, 0.1) is 11.8 Å². The van der Waals surface area contributed by atoms with E-state index in [0.29, 0.717) is 11.8 Å². The SMILES string of the molecule is CC(C)(N)C(=O)N[C@H](COCc1ccccc1)C(=O)Nc1cn(C(C(=O)N2CC3CCC(CC3)C2)c2ccccc2)cn1.Cl.Cl. The van der Waals surface area contributed by atoms with Gasteiger partial charge < -0.3 is 30.6 Å². The summed E-state index contributed by atoms with van der Waals surface area (Å²) in [7, 11) is 0. The first-order chi connectivity index (χ1) is 20.7. The van der Waals surface area contributed by atoms with Crippen molar-refractivity contribution in [1.29, 1.82) is 0 Å². The van der Waals surface area contributed by atoms with Crippen LogP contribution in [0.1, 0.15) is 56.7 Å². The molecule has 12 heteroatoms. The van der Waals surface area contributed by atoms with E-state index in [0.717, 1.165) is 24.2 Å². The van der Waals surface area contributed by atoms with Crippen LogP contribution in [-0.2, 0) is 25.7 Å². The summed E-state index contributed by atoms with van der Waals surface area (Å²) in [5.74, 6) is 0.414. The lowest BCUT2D eigenvalue weighted by Crippen LogP contribution is -2.56. The van der Waals surface area contributed by atoms with Gasteiger partial charge >= 0.3 is 0 Å². The van der Waals surface area contributed by atoms with Crippen LogP contribution in [0.4, 0.5) is 5.82 Å². The Hall–Kier alpha value is -3.44. The number of carbonyl (C=O) groups excluding carboxylic acids is 3. The molecule has 1 aliphatic carbocycles. The quantitative estimate of drug-likeness (QED) is 0.281. The fraction of sp³-hybridized carbons (Fsp3) is 0.455. The Labute approximate surface area is 277 Å². The first-order valence-corrected chi connectivity index (χ1v) is 15.1. The van der Waals surface area contributed by atoms with Crippen molar-refractivity contribution >= 4 is 48.4 Å². The second-order valence-electron chi connectivity index (χ2n) is 12.4. The van der Waals surface area contributed by atoms with Crippen LogP contribution < -0.4 is 16.4 Å². The summed E-state index contributed by atoms with van der Waals surface area (Å²) in [6.45, 7) is 4.91. The average molecular weight is 660 g/mol. The van der Waals surface area contributed by atoms with E-state index >= 15 is 0 Å². The summed E-state index contributed by atoms with van der Waals surface area (Å²) in [5, 5.41) is 5.50. The van der Waals surface area contributed by atoms with E-state index in [1.54, 1.807) is 30.9 Å². The van der Waals surface area contributed by atoms with E-state index in [1.807, 2.05) is 65.6 Å². The van der Waals surface area contributed by atoms with Crippen molar-refractivity contribution in [3.63, 3.8) is 0 Å². The Bertz CT molecular complexity index is 1380. The number of nitrogens with zero attached hydrogens (tertiary/aromatic N) is 3. The number of aromatic nitrogens is 2. The molecule has 1 aromatic heterocycles. The lowest BCUT2D eigenvalue weighted by Gasteiger charge is -2.28. The highest BCUT2D eigenvalue weighted by Gasteiger charge is 2.36. The molecular formula is C33H44Cl2N6O4. The van der Waals surface area contributed by atoms with Gasteiger partial charge in [0.15, 0.2) is 5.82 Å². The predicted octanol–water partition coefficient (Wildman–Crippen LogP) is 4.34. The van der Waals surface area contributed by atoms with Gasteiger partial charge in [0.25, 0.3) is 5.91 Å². The van der Waals surface area contributed by atoms with Crippen molar-refractivity contribution in [2.24, 2.45) is 17.6 Å². The smallest absolute Gasteiger partial charge is 0.250 e. The minimum atomic E-state index is -1.18. The molecule has 2 aromatic carbocycles. The number of rotatable bonds is 11. The summed E-state index contributed by atoms with van der Waals surface area (Å²) in [5.41, 5.74) is 6.59. The molecule has 3 heterocycles. The minimum Gasteiger partial charge on any atom is -0.374 e. The Morgan fingerprint density at radius 3 is 2.11 bits per heavy atom. The summed E-state index contributed by atoms with van der Waals surface area (Å²) < 4.78 is 7.55. The molecule has 3 amide bonds. The second kappa shape index (κ2) is 16.2. The lowest BCUT2D eigenvalue weighted by atomic mass is 9.84. The molecule has 1 unspecified atom stereocenters. The zero-order valence-electron chi connectivity index (χ0n) is 25.8. The van der Waals surface area contributed by atoms with E-state index in [4.69, 9.17) is 10.5 Å². The fourth-order valence-corrected chi connectivity index (χ4v) is 5.88. The van der Waals surface area contributed by atoms with E-state index in [-0.39, 0.29) is 49.8 Å². The molecule has 3 fully saturated rings. The molecule has 6 rings (SSSR count). The Morgan fingerprint density at radius 1 is 0.956 bits per heavy atom. The highest BCUT2D eigenvalue weighted by molar-refractivity contribution is 5.98. The van der Waals surface area contributed by atoms with E-state index in [2.05, 4.69) is 15.6 Å². The van der Waals surface area contributed by atoms with Crippen molar-refractivity contribution in [3.8, 4) is 0 Å². The van der Waals surface area contributed by atoms with Crippen LogP contribution in [0.3, 0.4) is 0 Å². The monoisotopic (exact) mass is 658 g/mol. The number of amides is 3.